The van der Waals surface area contributed by atoms with E-state index in [9.17, 15) is 29.4 Å². The van der Waals surface area contributed by atoms with E-state index in [2.05, 4.69) is 41.5 Å². The van der Waals surface area contributed by atoms with Crippen LogP contribution in [0.2, 0.25) is 0 Å². The second kappa shape index (κ2) is 51.6. The Morgan fingerprint density at radius 2 is 0.677 bits per heavy atom. The van der Waals surface area contributed by atoms with Crippen LogP contribution in [0, 0.1) is 13.8 Å². The van der Waals surface area contributed by atoms with Gasteiger partial charge in [0.2, 0.25) is 0 Å². The largest absolute Gasteiger partial charge is 2.00 e. The molecule has 0 saturated heterocycles. The standard InChI is InChI=1S/2C20H28O4.2C8H17.Sn/c2*1-2-3-4-5-6-7-8-9-10-13-16-24-20(23)18-15-12-11-14-17(18)19(21)22;2*1-3-5-7-8-6-4-2;/h2*10-15H,2-9,16H2,1H3,(H,21,22);2*1,3-8H2,2H3;/q;;;;+2/p-2/b2*13-10+;;;. The van der Waals surface area contributed by atoms with E-state index >= 15 is 0 Å². The van der Waals surface area contributed by atoms with E-state index in [1.54, 1.807) is 36.4 Å². The van der Waals surface area contributed by atoms with Gasteiger partial charge in [-0.15, -0.1) is 0 Å². The summed E-state index contributed by atoms with van der Waals surface area (Å²) in [6.45, 7) is 16.8. The molecule has 0 aliphatic carbocycles. The van der Waals surface area contributed by atoms with Gasteiger partial charge in [-0.25, -0.2) is 9.59 Å². The Morgan fingerprint density at radius 3 is 0.954 bits per heavy atom. The topological polar surface area (TPSA) is 133 Å². The van der Waals surface area contributed by atoms with Crippen LogP contribution in [0.1, 0.15) is 249 Å². The van der Waals surface area contributed by atoms with Gasteiger partial charge in [-0.05, 0) is 37.8 Å². The number of carboxylic acids is 2. The van der Waals surface area contributed by atoms with Gasteiger partial charge in [-0.1, -0.05) is 256 Å². The maximum atomic E-state index is 11.9. The van der Waals surface area contributed by atoms with Crippen LogP contribution in [0.25, 0.3) is 0 Å². The third-order valence-electron chi connectivity index (χ3n) is 10.3. The molecule has 0 aromatic heterocycles. The number of carbonyl (C=O) groups excluding carboxylic acids is 4. The Balaban J connectivity index is -0.000000878. The minimum atomic E-state index is -1.38. The first kappa shape index (κ1) is 65.9. The van der Waals surface area contributed by atoms with Crippen LogP contribution < -0.4 is 10.2 Å². The van der Waals surface area contributed by atoms with Crippen molar-refractivity contribution in [3.63, 3.8) is 0 Å². The molecule has 2 rings (SSSR count). The van der Waals surface area contributed by atoms with E-state index in [0.29, 0.717) is 0 Å². The smallest absolute Gasteiger partial charge is 0.545 e. The second-order valence-corrected chi connectivity index (χ2v) is 16.2. The zero-order chi connectivity index (χ0) is 47.7. The number of aromatic carboxylic acids is 2. The van der Waals surface area contributed by atoms with Crippen LogP contribution in [0.4, 0.5) is 0 Å². The molecule has 0 saturated carbocycles. The number of unbranched alkanes of at least 4 members (excludes halogenated alkanes) is 24. The van der Waals surface area contributed by atoms with Crippen LogP contribution in [0.3, 0.4) is 0 Å². The number of hydrogen-bond acceptors (Lipinski definition) is 8. The molecule has 0 aliphatic rings. The monoisotopic (exact) mass is 1010 g/mol. The third-order valence-corrected chi connectivity index (χ3v) is 10.3. The summed E-state index contributed by atoms with van der Waals surface area (Å²) in [6, 6.07) is 11.8. The Kier molecular flexibility index (Phi) is 52.3. The summed E-state index contributed by atoms with van der Waals surface area (Å²) in [5.74, 6) is -4.04. The van der Waals surface area contributed by atoms with Gasteiger partial charge in [0.25, 0.3) is 0 Å². The second-order valence-electron chi connectivity index (χ2n) is 16.2. The first-order valence-corrected chi connectivity index (χ1v) is 25.0. The summed E-state index contributed by atoms with van der Waals surface area (Å²) < 4.78 is 10.1. The number of esters is 2. The molecule has 8 nitrogen and oxygen atoms in total. The Hall–Kier alpha value is -3.40. The van der Waals surface area contributed by atoms with E-state index < -0.39 is 23.9 Å². The van der Waals surface area contributed by atoms with Gasteiger partial charge < -0.3 is 29.3 Å². The van der Waals surface area contributed by atoms with Gasteiger partial charge in [-0.3, -0.25) is 0 Å². The molecule has 65 heavy (non-hydrogen) atoms. The van der Waals surface area contributed by atoms with Crippen LogP contribution in [0.15, 0.2) is 72.8 Å². The van der Waals surface area contributed by atoms with Crippen LogP contribution in [0.5, 0.6) is 0 Å². The maximum Gasteiger partial charge on any atom is 2.00 e. The summed E-state index contributed by atoms with van der Waals surface area (Å²) in [5, 5.41) is 21.9. The Bertz CT molecular complexity index is 1350. The fourth-order valence-electron chi connectivity index (χ4n) is 6.45. The number of carboxylic acid groups (broad SMARTS) is 2. The molecule has 0 aliphatic heterocycles. The van der Waals surface area contributed by atoms with Crippen molar-refractivity contribution in [2.24, 2.45) is 0 Å². The van der Waals surface area contributed by atoms with Crippen molar-refractivity contribution >= 4 is 47.8 Å². The van der Waals surface area contributed by atoms with Crippen molar-refractivity contribution in [2.75, 3.05) is 13.2 Å². The number of ether oxygens (including phenoxy) is 2. The van der Waals surface area contributed by atoms with Gasteiger partial charge in [0.05, 0.1) is 23.1 Å². The van der Waals surface area contributed by atoms with Crippen molar-refractivity contribution < 1.29 is 38.9 Å². The van der Waals surface area contributed by atoms with E-state index in [1.807, 2.05) is 12.2 Å². The fourth-order valence-corrected chi connectivity index (χ4v) is 6.45. The maximum absolute atomic E-state index is 11.9. The molecule has 0 bridgehead atoms. The quantitative estimate of drug-likeness (QED) is 0.0293. The van der Waals surface area contributed by atoms with Gasteiger partial charge in [0, 0.05) is 11.1 Å². The van der Waals surface area contributed by atoms with Crippen molar-refractivity contribution in [1.29, 1.82) is 0 Å². The van der Waals surface area contributed by atoms with E-state index in [0.717, 1.165) is 38.5 Å². The number of carbonyl (C=O) groups is 4. The van der Waals surface area contributed by atoms with E-state index in [1.165, 1.54) is 166 Å². The Morgan fingerprint density at radius 1 is 0.415 bits per heavy atom. The molecule has 9 heteroatoms. The van der Waals surface area contributed by atoms with Crippen LogP contribution >= 0.6 is 0 Å². The molecule has 2 aromatic rings. The molecule has 364 valence electrons. The Labute approximate surface area is 414 Å². The predicted molar refractivity (Wildman–Crippen MR) is 269 cm³/mol. The molecule has 0 spiro atoms. The average Bonchev–Trinajstić information content (AvgIpc) is 3.30. The third kappa shape index (κ3) is 41.7. The molecule has 0 fully saturated rings. The summed E-state index contributed by atoms with van der Waals surface area (Å²) in [4.78, 5) is 45.7. The first-order chi connectivity index (χ1) is 31.2. The minimum absolute atomic E-state index is 0. The zero-order valence-corrected chi connectivity index (χ0v) is 44.2. The summed E-state index contributed by atoms with van der Waals surface area (Å²) in [7, 11) is 0. The van der Waals surface area contributed by atoms with Gasteiger partial charge in [0.15, 0.2) is 0 Å². The molecule has 0 N–H and O–H groups in total. The average molecular weight is 1010 g/mol. The van der Waals surface area contributed by atoms with Gasteiger partial charge in [0.1, 0.15) is 13.2 Å². The SMILES string of the molecule is CCCCCCCCC/C=C/COC(=O)c1ccccc1C(=O)[O-].CCCCCCCCC/C=C/COC(=O)c1ccccc1C(=O)[O-].[CH2]CCCCCCC.[CH2]CCCCCCC.[Sn+2]. The molecule has 2 aromatic carbocycles. The first-order valence-electron chi connectivity index (χ1n) is 25.0. The molecule has 0 atom stereocenters. The minimum Gasteiger partial charge on any atom is -0.545 e. The number of rotatable bonds is 34. The van der Waals surface area contributed by atoms with Crippen molar-refractivity contribution in [1.82, 2.24) is 0 Å². The number of hydrogen-bond donors (Lipinski definition) is 0. The molecular weight excluding hydrogens is 919 g/mol. The zero-order valence-electron chi connectivity index (χ0n) is 41.3. The van der Waals surface area contributed by atoms with Gasteiger partial charge >= 0.3 is 35.8 Å². The fraction of sp³-hybridized carbons (Fsp3) is 0.607. The number of allylic oxidation sites excluding steroid dienone is 2. The van der Waals surface area contributed by atoms with E-state index in [-0.39, 0.29) is 59.4 Å². The normalized spacial score (nSPS) is 10.4. The summed E-state index contributed by atoms with van der Waals surface area (Å²) in [5.41, 5.74) is -0.236. The molecular formula is C56H88O8Sn. The molecule has 4 radical (unpaired) electrons. The van der Waals surface area contributed by atoms with Crippen molar-refractivity contribution in [3.05, 3.63) is 109 Å². The molecule has 0 amide bonds. The summed E-state index contributed by atoms with van der Waals surface area (Å²) in [6.07, 6.45) is 43.3. The van der Waals surface area contributed by atoms with Crippen molar-refractivity contribution in [2.45, 2.75) is 207 Å². The molecule has 0 unspecified atom stereocenters. The van der Waals surface area contributed by atoms with Crippen molar-refractivity contribution in [3.8, 4) is 0 Å². The van der Waals surface area contributed by atoms with E-state index in [4.69, 9.17) is 9.47 Å². The van der Waals surface area contributed by atoms with Gasteiger partial charge in [-0.2, -0.15) is 0 Å². The van der Waals surface area contributed by atoms with Crippen LogP contribution in [-0.2, 0) is 9.47 Å². The number of benzene rings is 2. The molecule has 0 heterocycles. The van der Waals surface area contributed by atoms with Crippen LogP contribution in [-0.4, -0.2) is 61.0 Å². The summed E-state index contributed by atoms with van der Waals surface area (Å²) >= 11 is 0. The predicted octanol–water partition coefficient (Wildman–Crippen LogP) is 13.8.